The Morgan fingerprint density at radius 3 is 0.530 bits per heavy atom. The maximum Gasteiger partial charge on any atom is 0.0488 e. The lowest BCUT2D eigenvalue weighted by Gasteiger charge is -2.30. The Labute approximate surface area is 607 Å². The van der Waals surface area contributed by atoms with Gasteiger partial charge in [-0.15, -0.1) is 68.0 Å². The summed E-state index contributed by atoms with van der Waals surface area (Å²) < 4.78 is 0. The van der Waals surface area contributed by atoms with Gasteiger partial charge < -0.3 is 19.6 Å². The topological polar surface area (TPSA) is 13.0 Å². The van der Waals surface area contributed by atoms with Crippen LogP contribution in [0.25, 0.3) is 81.5 Å². The van der Waals surface area contributed by atoms with E-state index in [9.17, 15) is 0 Å². The predicted octanol–water partition coefficient (Wildman–Crippen LogP) is 29.3. The van der Waals surface area contributed by atoms with Crippen LogP contribution in [0.2, 0.25) is 0 Å². The molecular formula is C90H62N4S6. The highest BCUT2D eigenvalue weighted by Gasteiger charge is 2.24. The molecule has 17 aromatic rings. The molecule has 6 aromatic heterocycles. The molecule has 0 spiro atoms. The molecule has 0 bridgehead atoms. The number of rotatable bonds is 20. The number of nitrogens with zero attached hydrogens (tertiary/aromatic N) is 4. The van der Waals surface area contributed by atoms with E-state index in [1.807, 2.05) is 56.7 Å². The molecule has 0 atom stereocenters. The van der Waals surface area contributed by atoms with Gasteiger partial charge >= 0.3 is 0 Å². The fourth-order valence-electron chi connectivity index (χ4n) is 13.0. The lowest BCUT2D eigenvalue weighted by molar-refractivity contribution is 1.25. The number of hydrogen-bond acceptors (Lipinski definition) is 10. The number of anilines is 12. The van der Waals surface area contributed by atoms with Crippen LogP contribution >= 0.6 is 68.0 Å². The van der Waals surface area contributed by atoms with Crippen molar-refractivity contribution in [3.05, 3.63) is 375 Å². The summed E-state index contributed by atoms with van der Waals surface area (Å²) in [6.45, 7) is 0. The maximum atomic E-state index is 2.41. The quantitative estimate of drug-likeness (QED) is 0.0754. The van der Waals surface area contributed by atoms with Gasteiger partial charge in [0.05, 0.1) is 0 Å². The SMILES string of the molecule is c1ccc(N(c2ccccc2)c2cc(-c3ccc(-c4ccc(-c5cc(-c6ccc(-c7cccs7)s6)cc(-c6ccc(-c7ccc(-c8cc(N(c9ccccc9)c9ccccc9)cc(N(c9ccccc9)c9ccccc9)c8)s7)s6)c5)s4)s3)cc(N(c3ccccc3)c3ccccc3)c2)cc1. The Morgan fingerprint density at radius 1 is 0.140 bits per heavy atom. The second-order valence-electron chi connectivity index (χ2n) is 24.1. The van der Waals surface area contributed by atoms with Crippen LogP contribution in [0, 0.1) is 0 Å². The van der Waals surface area contributed by atoms with E-state index in [4.69, 9.17) is 0 Å². The fraction of sp³-hybridized carbons (Fsp3) is 0. The molecule has 6 heterocycles. The lowest BCUT2D eigenvalue weighted by Crippen LogP contribution is -2.13. The van der Waals surface area contributed by atoms with E-state index in [0.717, 1.165) is 79.4 Å². The molecule has 10 heteroatoms. The zero-order valence-electron chi connectivity index (χ0n) is 54.0. The molecule has 478 valence electrons. The highest BCUT2D eigenvalue weighted by Crippen LogP contribution is 2.51. The monoisotopic (exact) mass is 1390 g/mol. The summed E-state index contributed by atoms with van der Waals surface area (Å²) >= 11 is 11.1. The molecule has 17 rings (SSSR count). The van der Waals surface area contributed by atoms with Crippen molar-refractivity contribution in [3.63, 3.8) is 0 Å². The van der Waals surface area contributed by atoms with Gasteiger partial charge in [-0.2, -0.15) is 0 Å². The number of thiophene rings is 6. The Bertz CT molecular complexity index is 4890. The molecule has 11 aromatic carbocycles. The highest BCUT2D eigenvalue weighted by atomic mass is 32.1. The zero-order valence-corrected chi connectivity index (χ0v) is 58.9. The molecule has 100 heavy (non-hydrogen) atoms. The van der Waals surface area contributed by atoms with Crippen molar-refractivity contribution < 1.29 is 0 Å². The summed E-state index contributed by atoms with van der Waals surface area (Å²) in [5.41, 5.74) is 18.9. The second-order valence-corrected chi connectivity index (χ2v) is 30.5. The number of para-hydroxylation sites is 8. The molecule has 4 nitrogen and oxygen atoms in total. The van der Waals surface area contributed by atoms with E-state index in [1.54, 1.807) is 11.3 Å². The number of hydrogen-bond donors (Lipinski definition) is 0. The molecule has 0 fully saturated rings. The lowest BCUT2D eigenvalue weighted by atomic mass is 10.0. The molecule has 0 saturated heterocycles. The van der Waals surface area contributed by atoms with Gasteiger partial charge in [-0.05, 0) is 252 Å². The summed E-state index contributed by atoms with van der Waals surface area (Å²) in [4.78, 5) is 23.1. The van der Waals surface area contributed by atoms with Crippen LogP contribution in [0.5, 0.6) is 0 Å². The summed E-state index contributed by atoms with van der Waals surface area (Å²) in [6, 6.07) is 134. The van der Waals surface area contributed by atoms with E-state index >= 15 is 0 Å². The maximum absolute atomic E-state index is 2.41. The van der Waals surface area contributed by atoms with Gasteiger partial charge in [0.25, 0.3) is 0 Å². The van der Waals surface area contributed by atoms with Crippen LogP contribution in [0.1, 0.15) is 0 Å². The second kappa shape index (κ2) is 28.3. The van der Waals surface area contributed by atoms with E-state index in [1.165, 1.54) is 70.3 Å². The van der Waals surface area contributed by atoms with Crippen molar-refractivity contribution >= 4 is 136 Å². The van der Waals surface area contributed by atoms with Crippen LogP contribution in [0.3, 0.4) is 0 Å². The van der Waals surface area contributed by atoms with Crippen LogP contribution in [0.4, 0.5) is 68.2 Å². The van der Waals surface area contributed by atoms with E-state index in [-0.39, 0.29) is 0 Å². The molecule has 0 unspecified atom stereocenters. The van der Waals surface area contributed by atoms with Crippen molar-refractivity contribution in [2.75, 3.05) is 19.6 Å². The van der Waals surface area contributed by atoms with Gasteiger partial charge in [-0.25, -0.2) is 0 Å². The molecule has 0 amide bonds. The predicted molar refractivity (Wildman–Crippen MR) is 436 cm³/mol. The first-order valence-corrected chi connectivity index (χ1v) is 38.1. The zero-order chi connectivity index (χ0) is 66.6. The normalized spacial score (nSPS) is 11.2. The Morgan fingerprint density at radius 2 is 0.330 bits per heavy atom. The number of benzene rings is 11. The standard InChI is InChI=1S/C90H62N4S6/c1-9-26-68(27-10-1)91(69-28-11-2-12-29-69)76-57-66(58-77(61-76)92(70-30-13-3-14-31-70)71-32-15-4-16-33-71)83-46-51-89(99-83)87-49-44-81(97-87)64-54-63(80-43-48-86(96-80)85-42-25-53-95-85)55-65(56-64)82-45-50-88(98-82)90-52-47-84(100-90)67-59-78(93(72-34-17-5-18-35-72)73-36-19-6-20-37-73)62-79(60-67)94(74-38-21-7-22-39-74)75-40-23-8-24-41-75/h1-62H. The molecule has 0 aliphatic carbocycles. The van der Waals surface area contributed by atoms with Crippen molar-refractivity contribution in [3.8, 4) is 81.5 Å². The molecule has 0 N–H and O–H groups in total. The van der Waals surface area contributed by atoms with Crippen molar-refractivity contribution in [1.29, 1.82) is 0 Å². The van der Waals surface area contributed by atoms with Crippen molar-refractivity contribution in [1.82, 2.24) is 0 Å². The summed E-state index contributed by atoms with van der Waals surface area (Å²) in [5.74, 6) is 0. The van der Waals surface area contributed by atoms with E-state index in [0.29, 0.717) is 0 Å². The van der Waals surface area contributed by atoms with Crippen LogP contribution < -0.4 is 19.6 Å². The van der Waals surface area contributed by atoms with Crippen molar-refractivity contribution in [2.24, 2.45) is 0 Å². The Balaban J connectivity index is 0.733. The first-order valence-electron chi connectivity index (χ1n) is 33.2. The molecular weight excluding hydrogens is 1330 g/mol. The van der Waals surface area contributed by atoms with Gasteiger partial charge in [0, 0.05) is 122 Å². The average Bonchev–Trinajstić information content (AvgIpc) is 1.18. The van der Waals surface area contributed by atoms with Crippen LogP contribution in [-0.4, -0.2) is 0 Å². The fourth-order valence-corrected chi connectivity index (χ4v) is 19.0. The van der Waals surface area contributed by atoms with Crippen molar-refractivity contribution in [2.45, 2.75) is 0 Å². The molecule has 0 aliphatic rings. The minimum absolute atomic E-state index is 1.07. The molecule has 0 aliphatic heterocycles. The summed E-state index contributed by atoms with van der Waals surface area (Å²) in [7, 11) is 0. The third-order valence-electron chi connectivity index (χ3n) is 17.6. The Kier molecular flexibility index (Phi) is 17.7. The average molecular weight is 1390 g/mol. The van der Waals surface area contributed by atoms with E-state index < -0.39 is 0 Å². The first kappa shape index (κ1) is 62.3. The largest absolute Gasteiger partial charge is 0.310 e. The Hall–Kier alpha value is -11.2. The third-order valence-corrected chi connectivity index (χ3v) is 24.7. The smallest absolute Gasteiger partial charge is 0.0488 e. The van der Waals surface area contributed by atoms with Gasteiger partial charge in [-0.1, -0.05) is 152 Å². The van der Waals surface area contributed by atoms with Crippen LogP contribution in [0.15, 0.2) is 375 Å². The molecule has 0 radical (unpaired) electrons. The summed E-state index contributed by atoms with van der Waals surface area (Å²) in [6.07, 6.45) is 0. The highest BCUT2D eigenvalue weighted by molar-refractivity contribution is 7.26. The van der Waals surface area contributed by atoms with Crippen LogP contribution in [-0.2, 0) is 0 Å². The van der Waals surface area contributed by atoms with Gasteiger partial charge in [-0.3, -0.25) is 0 Å². The van der Waals surface area contributed by atoms with E-state index in [2.05, 4.69) is 395 Å². The minimum Gasteiger partial charge on any atom is -0.310 e. The van der Waals surface area contributed by atoms with Gasteiger partial charge in [0.1, 0.15) is 0 Å². The first-order chi connectivity index (χ1) is 49.5. The van der Waals surface area contributed by atoms with Gasteiger partial charge in [0.15, 0.2) is 0 Å². The van der Waals surface area contributed by atoms with Gasteiger partial charge in [0.2, 0.25) is 0 Å². The minimum atomic E-state index is 1.07. The molecule has 0 saturated carbocycles. The third kappa shape index (κ3) is 13.1. The summed E-state index contributed by atoms with van der Waals surface area (Å²) in [5, 5.41) is 2.17.